The van der Waals surface area contributed by atoms with Crippen molar-refractivity contribution in [3.63, 3.8) is 0 Å². The van der Waals surface area contributed by atoms with Crippen LogP contribution in [0.1, 0.15) is 193 Å². The van der Waals surface area contributed by atoms with Crippen molar-refractivity contribution in [2.24, 2.45) is 0 Å². The summed E-state index contributed by atoms with van der Waals surface area (Å²) in [6, 6.07) is 0. The Balaban J connectivity index is 0.000000207. The van der Waals surface area contributed by atoms with Gasteiger partial charge in [-0.1, -0.05) is 131 Å². The minimum atomic E-state index is 0. The van der Waals surface area contributed by atoms with Crippen LogP contribution in [-0.2, 0) is 24.9 Å². The molecule has 1 radical (unpaired) electrons. The van der Waals surface area contributed by atoms with Gasteiger partial charge < -0.3 is 16.4 Å². The SMILES string of the molecule is C1CCC(P(C2CCCCC2)C2CCCCC2)CC1.C1CCC(P(C2CCCCC2)C2CCCCC2)CC1.O=[C-]Cl.[Ir]. The molecule has 0 aromatic heterocycles. The summed E-state index contributed by atoms with van der Waals surface area (Å²) in [6.07, 6.45) is 47.2. The van der Waals surface area contributed by atoms with Crippen molar-refractivity contribution in [2.75, 3.05) is 0 Å². The molecule has 0 heterocycles. The monoisotopic (exact) mass is 816 g/mol. The third kappa shape index (κ3) is 12.6. The van der Waals surface area contributed by atoms with Crippen molar-refractivity contribution in [2.45, 2.75) is 227 Å². The largest absolute Gasteiger partial charge is 0.525 e. The van der Waals surface area contributed by atoms with Crippen LogP contribution in [0.25, 0.3) is 0 Å². The van der Waals surface area contributed by atoms with E-state index >= 15 is 0 Å². The molecule has 0 bridgehead atoms. The van der Waals surface area contributed by atoms with Gasteiger partial charge in [-0.2, -0.15) is 5.75 Å². The van der Waals surface area contributed by atoms with Crippen LogP contribution in [0.2, 0.25) is 0 Å². The van der Waals surface area contributed by atoms with Crippen molar-refractivity contribution < 1.29 is 24.9 Å². The van der Waals surface area contributed by atoms with Crippen LogP contribution in [0.4, 0.5) is 0 Å². The summed E-state index contributed by atoms with van der Waals surface area (Å²) in [5.74, 6) is 0.972. The van der Waals surface area contributed by atoms with Crippen LogP contribution in [-0.4, -0.2) is 39.7 Å². The normalized spacial score (nSPS) is 26.5. The van der Waals surface area contributed by atoms with E-state index in [1.54, 1.807) is 154 Å². The fourth-order valence-electron chi connectivity index (χ4n) is 10.1. The maximum atomic E-state index is 8.45. The van der Waals surface area contributed by atoms with E-state index in [9.17, 15) is 0 Å². The van der Waals surface area contributed by atoms with Gasteiger partial charge in [0.15, 0.2) is 0 Å². The number of rotatable bonds is 6. The molecule has 6 fully saturated rings. The van der Waals surface area contributed by atoms with Crippen molar-refractivity contribution in [1.29, 1.82) is 0 Å². The van der Waals surface area contributed by atoms with Gasteiger partial charge in [0.05, 0.1) is 0 Å². The Hall–Kier alpha value is 1.47. The molecule has 247 valence electrons. The third-order valence-corrected chi connectivity index (χ3v) is 20.1. The molecule has 42 heavy (non-hydrogen) atoms. The predicted octanol–water partition coefficient (Wildman–Crippen LogP) is 13.2. The summed E-state index contributed by atoms with van der Waals surface area (Å²) in [5, 5.41) is 0. The van der Waals surface area contributed by atoms with E-state index in [4.69, 9.17) is 4.79 Å². The molecular formula is C37H66ClIrOP2-. The quantitative estimate of drug-likeness (QED) is 0.148. The van der Waals surface area contributed by atoms with Crippen LogP contribution in [0.15, 0.2) is 0 Å². The van der Waals surface area contributed by atoms with Crippen LogP contribution in [0.3, 0.4) is 0 Å². The molecular weight excluding hydrogens is 750 g/mol. The summed E-state index contributed by atoms with van der Waals surface area (Å²) in [7, 11) is 0.770. The molecule has 1 nitrogen and oxygen atoms in total. The fraction of sp³-hybridized carbons (Fsp3) is 0.973. The molecule has 0 amide bonds. The molecule has 6 rings (SSSR count). The first-order chi connectivity index (χ1) is 20.3. The van der Waals surface area contributed by atoms with Gasteiger partial charge in [0.25, 0.3) is 0 Å². The van der Waals surface area contributed by atoms with Gasteiger partial charge in [-0.3, -0.25) is 0 Å². The average Bonchev–Trinajstić information content (AvgIpc) is 3.05. The Bertz CT molecular complexity index is 519. The Kier molecular flexibility index (Phi) is 20.7. The number of carbonyl (C=O) groups excluding carboxylic acids is 1. The minimum Gasteiger partial charge on any atom is -0.525 e. The fourth-order valence-corrected chi connectivity index (χ4v) is 19.4. The third-order valence-electron chi connectivity index (χ3n) is 12.0. The van der Waals surface area contributed by atoms with Gasteiger partial charge >= 0.3 is 0 Å². The van der Waals surface area contributed by atoms with Crippen molar-refractivity contribution in [1.82, 2.24) is 0 Å². The first-order valence-electron chi connectivity index (χ1n) is 18.8. The summed E-state index contributed by atoms with van der Waals surface area (Å²) < 4.78 is 0. The smallest absolute Gasteiger partial charge is 0 e. The molecule has 0 N–H and O–H groups in total. The molecule has 6 saturated carbocycles. The number of hydrogen-bond donors (Lipinski definition) is 0. The summed E-state index contributed by atoms with van der Waals surface area (Å²) in [5.41, 5.74) is 7.14. The maximum Gasteiger partial charge on any atom is 0 e. The summed E-state index contributed by atoms with van der Waals surface area (Å²) >= 11 is 4.19. The van der Waals surface area contributed by atoms with Crippen molar-refractivity contribution >= 4 is 33.2 Å². The van der Waals surface area contributed by atoms with Crippen LogP contribution >= 0.6 is 27.4 Å². The molecule has 0 aliphatic heterocycles. The molecule has 6 aliphatic carbocycles. The van der Waals surface area contributed by atoms with Crippen molar-refractivity contribution in [3.8, 4) is 0 Å². The van der Waals surface area contributed by atoms with Gasteiger partial charge in [-0.15, -0.1) is 0 Å². The van der Waals surface area contributed by atoms with Crippen LogP contribution in [0.5, 0.6) is 0 Å². The first kappa shape index (κ1) is 37.9. The summed E-state index contributed by atoms with van der Waals surface area (Å²) in [6.45, 7) is 0. The van der Waals surface area contributed by atoms with E-state index in [1.807, 2.05) is 0 Å². The molecule has 5 heteroatoms. The first-order valence-corrected chi connectivity index (χ1v) is 22.3. The van der Waals surface area contributed by atoms with E-state index in [1.165, 1.54) is 72.5 Å². The Morgan fingerprint density at radius 1 is 0.333 bits per heavy atom. The number of hydrogen-bond acceptors (Lipinski definition) is 1. The molecule has 0 saturated heterocycles. The van der Waals surface area contributed by atoms with Crippen LogP contribution in [0, 0.1) is 0 Å². The molecule has 6 aliphatic rings. The molecule has 0 atom stereocenters. The standard InChI is InChI=1S/2C18H33P.CClO.Ir/c2*1-4-10-16(11-5-1)19(17-12-6-2-7-13-17)18-14-8-3-9-15-18;2-1-3;/h2*16-18H,1-15H2;;/q;;-1;. The predicted molar refractivity (Wildman–Crippen MR) is 187 cm³/mol. The second-order valence-electron chi connectivity index (χ2n) is 14.7. The molecule has 0 aromatic rings. The number of halogens is 1. The second-order valence-corrected chi connectivity index (χ2v) is 21.0. The zero-order chi connectivity index (χ0) is 28.5. The van der Waals surface area contributed by atoms with Gasteiger partial charge in [0.1, 0.15) is 0 Å². The molecule has 0 spiro atoms. The van der Waals surface area contributed by atoms with E-state index < -0.39 is 0 Å². The zero-order valence-corrected chi connectivity index (χ0v) is 32.1. The average molecular weight is 817 g/mol. The van der Waals surface area contributed by atoms with Gasteiger partial charge in [0, 0.05) is 20.1 Å². The zero-order valence-electron chi connectivity index (χ0n) is 27.2. The Labute approximate surface area is 283 Å². The Morgan fingerprint density at radius 3 is 0.571 bits per heavy atom. The van der Waals surface area contributed by atoms with E-state index in [-0.39, 0.29) is 20.1 Å². The molecule has 0 aromatic carbocycles. The second kappa shape index (κ2) is 22.9. The molecule has 0 unspecified atom stereocenters. The van der Waals surface area contributed by atoms with Gasteiger partial charge in [-0.25, -0.2) is 0 Å². The van der Waals surface area contributed by atoms with E-state index in [2.05, 4.69) is 11.6 Å². The Morgan fingerprint density at radius 2 is 0.452 bits per heavy atom. The van der Waals surface area contributed by atoms with E-state index in [0.29, 0.717) is 15.8 Å². The van der Waals surface area contributed by atoms with Crippen LogP contribution < -0.4 is 0 Å². The minimum absolute atomic E-state index is 0. The maximum absolute atomic E-state index is 8.45. The van der Waals surface area contributed by atoms with Gasteiger partial charge in [0.2, 0.25) is 0 Å². The van der Waals surface area contributed by atoms with Gasteiger partial charge in [-0.05, 0) is 111 Å². The summed E-state index contributed by atoms with van der Waals surface area (Å²) in [4.78, 5) is 8.45. The van der Waals surface area contributed by atoms with E-state index in [0.717, 1.165) is 5.75 Å². The topological polar surface area (TPSA) is 17.1 Å². The van der Waals surface area contributed by atoms with Crippen molar-refractivity contribution in [3.05, 3.63) is 0 Å².